The van der Waals surface area contributed by atoms with E-state index in [0.29, 0.717) is 18.6 Å². The molecule has 6 nitrogen and oxygen atoms in total. The number of para-hydroxylation sites is 1. The highest BCUT2D eigenvalue weighted by atomic mass is 16.2. The van der Waals surface area contributed by atoms with Gasteiger partial charge in [-0.15, -0.1) is 0 Å². The fraction of sp³-hybridized carbons (Fsp3) is 0.545. The van der Waals surface area contributed by atoms with Crippen LogP contribution in [0.15, 0.2) is 30.3 Å². The van der Waals surface area contributed by atoms with Crippen molar-refractivity contribution in [1.29, 1.82) is 0 Å². The lowest BCUT2D eigenvalue weighted by molar-refractivity contribution is -0.117. The lowest BCUT2D eigenvalue weighted by atomic mass is 10.0. The zero-order valence-corrected chi connectivity index (χ0v) is 17.8. The highest BCUT2D eigenvalue weighted by Gasteiger charge is 2.25. The van der Waals surface area contributed by atoms with Gasteiger partial charge in [-0.1, -0.05) is 18.2 Å². The lowest BCUT2D eigenvalue weighted by Gasteiger charge is -2.38. The van der Waals surface area contributed by atoms with E-state index in [4.69, 9.17) is 0 Å². The number of carbonyl (C=O) groups excluding carboxylic acids is 1. The van der Waals surface area contributed by atoms with Gasteiger partial charge in [-0.2, -0.15) is 5.10 Å². The highest BCUT2D eigenvalue weighted by Crippen LogP contribution is 2.23. The molecule has 0 atom stereocenters. The standard InChI is InChI=1S/C22H33N5O/c1-16(2)26-13-11-19(12-14-26)25(5)15-21(28)23-22-17(3)24-27(18(22)4)20-9-7-6-8-10-20/h6-10,16,19H,11-15H2,1-5H3,(H,23,28). The van der Waals surface area contributed by atoms with E-state index < -0.39 is 0 Å². The summed E-state index contributed by atoms with van der Waals surface area (Å²) in [5.74, 6) is 0.0209. The van der Waals surface area contributed by atoms with Gasteiger partial charge >= 0.3 is 0 Å². The maximum Gasteiger partial charge on any atom is 0.238 e. The number of likely N-dealkylation sites (N-methyl/N-ethyl adjacent to an activating group) is 1. The van der Waals surface area contributed by atoms with Gasteiger partial charge in [0.05, 0.1) is 29.3 Å². The van der Waals surface area contributed by atoms with Crippen molar-refractivity contribution in [3.05, 3.63) is 41.7 Å². The molecule has 0 saturated carbocycles. The lowest BCUT2D eigenvalue weighted by Crippen LogP contribution is -2.47. The first-order valence-electron chi connectivity index (χ1n) is 10.2. The molecule has 0 unspecified atom stereocenters. The van der Waals surface area contributed by atoms with Crippen LogP contribution >= 0.6 is 0 Å². The molecule has 1 aliphatic heterocycles. The number of nitrogens with one attached hydrogen (secondary N) is 1. The van der Waals surface area contributed by atoms with Crippen LogP contribution < -0.4 is 5.32 Å². The van der Waals surface area contributed by atoms with Gasteiger partial charge in [0.1, 0.15) is 0 Å². The minimum absolute atomic E-state index is 0.0209. The molecule has 1 aromatic carbocycles. The van der Waals surface area contributed by atoms with Gasteiger partial charge in [-0.05, 0) is 72.8 Å². The smallest absolute Gasteiger partial charge is 0.238 e. The highest BCUT2D eigenvalue weighted by molar-refractivity contribution is 5.93. The molecule has 152 valence electrons. The second kappa shape index (κ2) is 8.88. The first-order chi connectivity index (χ1) is 13.4. The summed E-state index contributed by atoms with van der Waals surface area (Å²) in [4.78, 5) is 17.4. The Labute approximate surface area is 168 Å². The van der Waals surface area contributed by atoms with E-state index in [2.05, 4.69) is 41.1 Å². The summed E-state index contributed by atoms with van der Waals surface area (Å²) in [5.41, 5.74) is 3.60. The number of hydrogen-bond acceptors (Lipinski definition) is 4. The van der Waals surface area contributed by atoms with Crippen molar-refractivity contribution >= 4 is 11.6 Å². The van der Waals surface area contributed by atoms with Crippen molar-refractivity contribution in [3.8, 4) is 5.69 Å². The Morgan fingerprint density at radius 1 is 1.21 bits per heavy atom. The second-order valence-electron chi connectivity index (χ2n) is 8.12. The quantitative estimate of drug-likeness (QED) is 0.832. The summed E-state index contributed by atoms with van der Waals surface area (Å²) in [5, 5.41) is 7.70. The SMILES string of the molecule is Cc1nn(-c2ccccc2)c(C)c1NC(=O)CN(C)C1CCN(C(C)C)CC1. The Morgan fingerprint density at radius 2 is 1.86 bits per heavy atom. The van der Waals surface area contributed by atoms with Gasteiger partial charge in [0.15, 0.2) is 0 Å². The van der Waals surface area contributed by atoms with Crippen molar-refractivity contribution in [1.82, 2.24) is 19.6 Å². The van der Waals surface area contributed by atoms with Crippen LogP contribution in [0.2, 0.25) is 0 Å². The number of rotatable bonds is 6. The topological polar surface area (TPSA) is 53.4 Å². The molecular formula is C22H33N5O. The van der Waals surface area contributed by atoms with Gasteiger partial charge in [-0.25, -0.2) is 4.68 Å². The molecule has 2 aromatic rings. The van der Waals surface area contributed by atoms with Crippen LogP contribution in [-0.4, -0.2) is 64.3 Å². The number of hydrogen-bond donors (Lipinski definition) is 1. The summed E-state index contributed by atoms with van der Waals surface area (Å²) < 4.78 is 1.89. The van der Waals surface area contributed by atoms with Crippen molar-refractivity contribution in [2.75, 3.05) is 32.0 Å². The number of aryl methyl sites for hydroxylation is 1. The Bertz CT molecular complexity index is 791. The fourth-order valence-corrected chi connectivity index (χ4v) is 4.02. The summed E-state index contributed by atoms with van der Waals surface area (Å²) in [6.07, 6.45) is 2.23. The predicted molar refractivity (Wildman–Crippen MR) is 114 cm³/mol. The largest absolute Gasteiger partial charge is 0.322 e. The van der Waals surface area contributed by atoms with Crippen LogP contribution in [0.5, 0.6) is 0 Å². The van der Waals surface area contributed by atoms with Crippen LogP contribution in [0.3, 0.4) is 0 Å². The van der Waals surface area contributed by atoms with E-state index in [9.17, 15) is 4.79 Å². The zero-order valence-electron chi connectivity index (χ0n) is 17.8. The van der Waals surface area contributed by atoms with E-state index in [-0.39, 0.29) is 5.91 Å². The molecule has 1 aromatic heterocycles. The molecule has 6 heteroatoms. The molecule has 1 aliphatic rings. The maximum atomic E-state index is 12.7. The molecule has 2 heterocycles. The molecule has 1 fully saturated rings. The summed E-state index contributed by atoms with van der Waals surface area (Å²) in [6, 6.07) is 11.1. The number of benzene rings is 1. The molecule has 1 N–H and O–H groups in total. The van der Waals surface area contributed by atoms with E-state index in [0.717, 1.165) is 48.7 Å². The van der Waals surface area contributed by atoms with Crippen molar-refractivity contribution < 1.29 is 4.79 Å². The molecule has 0 bridgehead atoms. The Hall–Kier alpha value is -2.18. The van der Waals surface area contributed by atoms with Crippen LogP contribution in [0.1, 0.15) is 38.1 Å². The Morgan fingerprint density at radius 3 is 2.46 bits per heavy atom. The summed E-state index contributed by atoms with van der Waals surface area (Å²) in [7, 11) is 2.06. The normalized spacial score (nSPS) is 16.1. The van der Waals surface area contributed by atoms with Crippen LogP contribution in [0.4, 0.5) is 5.69 Å². The first-order valence-corrected chi connectivity index (χ1v) is 10.2. The third-order valence-corrected chi connectivity index (χ3v) is 5.80. The second-order valence-corrected chi connectivity index (χ2v) is 8.12. The number of carbonyl (C=O) groups is 1. The molecule has 1 amide bonds. The van der Waals surface area contributed by atoms with Gasteiger partial charge in [0.2, 0.25) is 5.91 Å². The van der Waals surface area contributed by atoms with Gasteiger partial charge in [0, 0.05) is 12.1 Å². The third kappa shape index (κ3) is 4.62. The van der Waals surface area contributed by atoms with Gasteiger partial charge in [-0.3, -0.25) is 9.69 Å². The van der Waals surface area contributed by atoms with E-state index in [1.807, 2.05) is 48.9 Å². The number of likely N-dealkylation sites (tertiary alicyclic amines) is 1. The molecule has 1 saturated heterocycles. The van der Waals surface area contributed by atoms with Crippen molar-refractivity contribution in [3.63, 3.8) is 0 Å². The minimum atomic E-state index is 0.0209. The number of piperidine rings is 1. The van der Waals surface area contributed by atoms with Gasteiger partial charge < -0.3 is 10.2 Å². The third-order valence-electron chi connectivity index (χ3n) is 5.80. The van der Waals surface area contributed by atoms with Crippen molar-refractivity contribution in [2.24, 2.45) is 0 Å². The van der Waals surface area contributed by atoms with E-state index >= 15 is 0 Å². The molecule has 28 heavy (non-hydrogen) atoms. The van der Waals surface area contributed by atoms with E-state index in [1.165, 1.54) is 0 Å². The summed E-state index contributed by atoms with van der Waals surface area (Å²) >= 11 is 0. The summed E-state index contributed by atoms with van der Waals surface area (Å²) in [6.45, 7) is 11.0. The van der Waals surface area contributed by atoms with Crippen molar-refractivity contribution in [2.45, 2.75) is 52.6 Å². The molecule has 3 rings (SSSR count). The Kier molecular flexibility index (Phi) is 6.52. The number of nitrogens with zero attached hydrogens (tertiary/aromatic N) is 4. The van der Waals surface area contributed by atoms with Crippen LogP contribution in [0, 0.1) is 13.8 Å². The van der Waals surface area contributed by atoms with Gasteiger partial charge in [0.25, 0.3) is 0 Å². The predicted octanol–water partition coefficient (Wildman–Crippen LogP) is 3.23. The minimum Gasteiger partial charge on any atom is -0.322 e. The molecule has 0 aliphatic carbocycles. The molecular weight excluding hydrogens is 350 g/mol. The number of aromatic nitrogens is 2. The fourth-order valence-electron chi connectivity index (χ4n) is 4.02. The van der Waals surface area contributed by atoms with E-state index in [1.54, 1.807) is 0 Å². The molecule has 0 spiro atoms. The van der Waals surface area contributed by atoms with Crippen LogP contribution in [0.25, 0.3) is 5.69 Å². The molecule has 0 radical (unpaired) electrons. The average molecular weight is 384 g/mol. The zero-order chi connectivity index (χ0) is 20.3. The number of anilines is 1. The maximum absolute atomic E-state index is 12.7. The van der Waals surface area contributed by atoms with Crippen LogP contribution in [-0.2, 0) is 4.79 Å². The average Bonchev–Trinajstić information content (AvgIpc) is 2.97. The number of amides is 1. The monoisotopic (exact) mass is 383 g/mol. The Balaban J connectivity index is 1.60. The first kappa shape index (κ1) is 20.6.